The van der Waals surface area contributed by atoms with Crippen molar-refractivity contribution < 1.29 is 9.66 Å². The number of nitrogens with one attached hydrogen (secondary N) is 1. The number of thiazole rings is 1. The summed E-state index contributed by atoms with van der Waals surface area (Å²) in [6, 6.07) is 10.1. The molecule has 1 N–H and O–H groups in total. The zero-order valence-corrected chi connectivity index (χ0v) is 14.3. The molecule has 2 atom stereocenters. The Labute approximate surface area is 148 Å². The minimum absolute atomic E-state index is 0.00485. The highest BCUT2D eigenvalue weighted by Gasteiger charge is 2.29. The van der Waals surface area contributed by atoms with Crippen molar-refractivity contribution >= 4 is 27.9 Å². The molecule has 0 spiro atoms. The molecule has 0 amide bonds. The minimum Gasteiger partial charge on any atom is -0.373 e. The van der Waals surface area contributed by atoms with Crippen LogP contribution in [0.4, 0.5) is 11.6 Å². The first-order valence-corrected chi connectivity index (χ1v) is 9.12. The Balaban J connectivity index is 1.54. The normalized spacial score (nSPS) is 20.6. The lowest BCUT2D eigenvalue weighted by Crippen LogP contribution is -2.28. The molecule has 2 unspecified atom stereocenters. The van der Waals surface area contributed by atoms with Crippen LogP contribution in [0.2, 0.25) is 0 Å². The van der Waals surface area contributed by atoms with Gasteiger partial charge in [-0.2, -0.15) is 9.38 Å². The summed E-state index contributed by atoms with van der Waals surface area (Å²) in [5.41, 5.74) is 1.15. The number of nitrogens with zero attached hydrogens (tertiary/aromatic N) is 3. The van der Waals surface area contributed by atoms with Gasteiger partial charge in [0.25, 0.3) is 4.96 Å². The van der Waals surface area contributed by atoms with Crippen LogP contribution in [0.25, 0.3) is 4.96 Å². The topological polar surface area (TPSA) is 81.7 Å². The second-order valence-electron chi connectivity index (χ2n) is 6.08. The van der Waals surface area contributed by atoms with Crippen LogP contribution in [-0.4, -0.2) is 27.5 Å². The van der Waals surface area contributed by atoms with Gasteiger partial charge in [0, 0.05) is 24.4 Å². The standard InChI is InChI=1S/C17H18N4O3S/c22-21(23)16-15(19-17-20(16)8-10-25-17)18-11-13-7-4-9-24-14(13)12-5-2-1-3-6-12/h1-3,5-6,8,10,13-14,18H,4,7,9,11H2. The van der Waals surface area contributed by atoms with Crippen molar-refractivity contribution in [1.29, 1.82) is 0 Å². The third-order valence-electron chi connectivity index (χ3n) is 4.51. The van der Waals surface area contributed by atoms with Crippen LogP contribution < -0.4 is 5.32 Å². The lowest BCUT2D eigenvalue weighted by molar-refractivity contribution is -0.389. The van der Waals surface area contributed by atoms with Gasteiger partial charge in [-0.15, -0.1) is 0 Å². The lowest BCUT2D eigenvalue weighted by Gasteiger charge is -2.32. The Bertz CT molecular complexity index is 877. The van der Waals surface area contributed by atoms with E-state index in [-0.39, 0.29) is 22.8 Å². The Morgan fingerprint density at radius 2 is 2.24 bits per heavy atom. The monoisotopic (exact) mass is 358 g/mol. The quantitative estimate of drug-likeness (QED) is 0.553. The summed E-state index contributed by atoms with van der Waals surface area (Å²) >= 11 is 1.38. The summed E-state index contributed by atoms with van der Waals surface area (Å²) in [6.07, 6.45) is 3.69. The van der Waals surface area contributed by atoms with E-state index in [9.17, 15) is 10.1 Å². The van der Waals surface area contributed by atoms with Gasteiger partial charge >= 0.3 is 5.82 Å². The van der Waals surface area contributed by atoms with Crippen LogP contribution in [-0.2, 0) is 4.74 Å². The molecule has 4 rings (SSSR count). The van der Waals surface area contributed by atoms with E-state index in [1.54, 1.807) is 11.6 Å². The number of rotatable bonds is 5. The third-order valence-corrected chi connectivity index (χ3v) is 5.27. The number of benzene rings is 1. The van der Waals surface area contributed by atoms with Crippen LogP contribution in [0, 0.1) is 16.0 Å². The van der Waals surface area contributed by atoms with Crippen molar-refractivity contribution in [2.75, 3.05) is 18.5 Å². The number of imidazole rings is 1. The second kappa shape index (κ2) is 6.81. The highest BCUT2D eigenvalue weighted by Crippen LogP contribution is 2.35. The number of aromatic nitrogens is 2. The Morgan fingerprint density at radius 1 is 1.40 bits per heavy atom. The summed E-state index contributed by atoms with van der Waals surface area (Å²) in [7, 11) is 0. The molecular weight excluding hydrogens is 340 g/mol. The van der Waals surface area contributed by atoms with Gasteiger partial charge in [0.05, 0.1) is 6.10 Å². The predicted octanol–water partition coefficient (Wildman–Crippen LogP) is 3.88. The molecule has 0 saturated carbocycles. The number of nitro groups is 1. The molecule has 130 valence electrons. The van der Waals surface area contributed by atoms with Gasteiger partial charge in [0.2, 0.25) is 5.82 Å². The van der Waals surface area contributed by atoms with Crippen LogP contribution in [0.15, 0.2) is 41.9 Å². The summed E-state index contributed by atoms with van der Waals surface area (Å²) in [5.74, 6) is 0.564. The Morgan fingerprint density at radius 3 is 3.04 bits per heavy atom. The molecule has 0 bridgehead atoms. The van der Waals surface area contributed by atoms with E-state index in [1.807, 2.05) is 18.2 Å². The van der Waals surface area contributed by atoms with Gasteiger partial charge in [-0.3, -0.25) is 0 Å². The maximum Gasteiger partial charge on any atom is 0.372 e. The molecule has 8 heteroatoms. The molecule has 1 aliphatic rings. The molecule has 7 nitrogen and oxygen atoms in total. The highest BCUT2D eigenvalue weighted by atomic mass is 32.1. The van der Waals surface area contributed by atoms with Gasteiger partial charge < -0.3 is 20.2 Å². The molecule has 0 radical (unpaired) electrons. The van der Waals surface area contributed by atoms with Gasteiger partial charge in [0.15, 0.2) is 0 Å². The summed E-state index contributed by atoms with van der Waals surface area (Å²) in [6.45, 7) is 1.33. The maximum atomic E-state index is 11.4. The Hall–Kier alpha value is -2.45. The van der Waals surface area contributed by atoms with Crippen molar-refractivity contribution in [2.24, 2.45) is 5.92 Å². The van der Waals surface area contributed by atoms with Crippen LogP contribution in [0.1, 0.15) is 24.5 Å². The zero-order valence-electron chi connectivity index (χ0n) is 13.5. The average Bonchev–Trinajstić information content (AvgIpc) is 3.21. The largest absolute Gasteiger partial charge is 0.373 e. The van der Waals surface area contributed by atoms with Crippen LogP contribution in [0.5, 0.6) is 0 Å². The van der Waals surface area contributed by atoms with Crippen LogP contribution >= 0.6 is 11.3 Å². The molecule has 1 saturated heterocycles. The van der Waals surface area contributed by atoms with E-state index in [1.165, 1.54) is 15.7 Å². The van der Waals surface area contributed by atoms with Crippen molar-refractivity contribution in [1.82, 2.24) is 9.38 Å². The third kappa shape index (κ3) is 3.10. The van der Waals surface area contributed by atoms with Crippen molar-refractivity contribution in [3.63, 3.8) is 0 Å². The first-order valence-electron chi connectivity index (χ1n) is 8.24. The fourth-order valence-corrected chi connectivity index (χ4v) is 4.07. The van der Waals surface area contributed by atoms with Crippen molar-refractivity contribution in [2.45, 2.75) is 18.9 Å². The average molecular weight is 358 g/mol. The van der Waals surface area contributed by atoms with Gasteiger partial charge in [-0.25, -0.2) is 0 Å². The van der Waals surface area contributed by atoms with E-state index >= 15 is 0 Å². The van der Waals surface area contributed by atoms with Crippen molar-refractivity contribution in [3.05, 3.63) is 57.6 Å². The van der Waals surface area contributed by atoms with Gasteiger partial charge in [-0.1, -0.05) is 41.7 Å². The summed E-state index contributed by atoms with van der Waals surface area (Å²) in [4.78, 5) is 16.0. The van der Waals surface area contributed by atoms with E-state index < -0.39 is 0 Å². The fourth-order valence-electron chi connectivity index (χ4n) is 3.36. The molecule has 3 aromatic rings. The zero-order chi connectivity index (χ0) is 17.2. The number of ether oxygens (including phenoxy) is 1. The molecular formula is C17H18N4O3S. The van der Waals surface area contributed by atoms with Gasteiger partial charge in [0.1, 0.15) is 6.20 Å². The van der Waals surface area contributed by atoms with E-state index in [0.717, 1.165) is 25.0 Å². The molecule has 0 aliphatic carbocycles. The Kier molecular flexibility index (Phi) is 4.37. The van der Waals surface area contributed by atoms with E-state index in [4.69, 9.17) is 4.74 Å². The molecule has 1 fully saturated rings. The molecule has 25 heavy (non-hydrogen) atoms. The first kappa shape index (κ1) is 16.0. The highest BCUT2D eigenvalue weighted by molar-refractivity contribution is 7.15. The van der Waals surface area contributed by atoms with Gasteiger partial charge in [-0.05, 0) is 23.3 Å². The summed E-state index contributed by atoms with van der Waals surface area (Å²) < 4.78 is 7.50. The summed E-state index contributed by atoms with van der Waals surface area (Å²) in [5, 5.41) is 16.4. The SMILES string of the molecule is O=[N+]([O-])c1c(NCC2CCCOC2c2ccccc2)nc2sccn12. The maximum absolute atomic E-state index is 11.4. The molecule has 1 aromatic carbocycles. The van der Waals surface area contributed by atoms with E-state index in [2.05, 4.69) is 22.4 Å². The number of anilines is 1. The first-order chi connectivity index (χ1) is 12.2. The molecule has 3 heterocycles. The number of hydrogen-bond acceptors (Lipinski definition) is 6. The molecule has 1 aliphatic heterocycles. The number of fused-ring (bicyclic) bond motifs is 1. The second-order valence-corrected chi connectivity index (χ2v) is 6.96. The van der Waals surface area contributed by atoms with E-state index in [0.29, 0.717) is 17.3 Å². The lowest BCUT2D eigenvalue weighted by atomic mass is 9.89. The van der Waals surface area contributed by atoms with Crippen LogP contribution in [0.3, 0.4) is 0 Å². The fraction of sp³-hybridized carbons (Fsp3) is 0.353. The number of hydrogen-bond donors (Lipinski definition) is 1. The minimum atomic E-state index is -0.388. The smallest absolute Gasteiger partial charge is 0.372 e. The van der Waals surface area contributed by atoms with Crippen molar-refractivity contribution in [3.8, 4) is 0 Å². The predicted molar refractivity (Wildman–Crippen MR) is 96.1 cm³/mol. The molecule has 2 aromatic heterocycles.